The number of aryl methyl sites for hydroxylation is 1. The number of aromatic hydroxyl groups is 1. The second-order valence-electron chi connectivity index (χ2n) is 7.42. The Hall–Kier alpha value is -3.58. The number of anilines is 1. The third-order valence-corrected chi connectivity index (χ3v) is 6.30. The third kappa shape index (κ3) is 3.76. The van der Waals surface area contributed by atoms with Gasteiger partial charge >= 0.3 is 0 Å². The molecule has 0 spiro atoms. The van der Waals surface area contributed by atoms with E-state index < -0.39 is 17.7 Å². The minimum atomic E-state index is -0.868. The van der Waals surface area contributed by atoms with Crippen molar-refractivity contribution in [2.45, 2.75) is 13.0 Å². The Morgan fingerprint density at radius 3 is 2.25 bits per heavy atom. The Morgan fingerprint density at radius 2 is 1.66 bits per heavy atom. The fourth-order valence-electron chi connectivity index (χ4n) is 3.71. The molecule has 1 unspecified atom stereocenters. The van der Waals surface area contributed by atoms with Crippen LogP contribution in [0.15, 0.2) is 76.8 Å². The summed E-state index contributed by atoms with van der Waals surface area (Å²) < 4.78 is 5.94. The van der Waals surface area contributed by atoms with Crippen LogP contribution in [0.2, 0.25) is 0 Å². The normalized spacial score (nSPS) is 17.6. The van der Waals surface area contributed by atoms with Gasteiger partial charge in [-0.2, -0.15) is 0 Å². The highest BCUT2D eigenvalue weighted by atomic mass is 79.9. The maximum absolute atomic E-state index is 13.1. The average molecular weight is 494 g/mol. The number of ketones is 1. The Bertz CT molecular complexity index is 1230. The van der Waals surface area contributed by atoms with Crippen molar-refractivity contribution in [3.63, 3.8) is 0 Å². The van der Waals surface area contributed by atoms with Crippen LogP contribution in [0.5, 0.6) is 11.5 Å². The molecule has 2 N–H and O–H groups in total. The number of benzene rings is 3. The van der Waals surface area contributed by atoms with Gasteiger partial charge in [0.1, 0.15) is 17.3 Å². The summed E-state index contributed by atoms with van der Waals surface area (Å²) in [6, 6.07) is 17.3. The average Bonchev–Trinajstić information content (AvgIpc) is 3.06. The van der Waals surface area contributed by atoms with Gasteiger partial charge in [-0.25, -0.2) is 0 Å². The van der Waals surface area contributed by atoms with E-state index in [1.54, 1.807) is 48.5 Å². The number of hydrogen-bond donors (Lipinski definition) is 2. The number of ether oxygens (including phenoxy) is 1. The van der Waals surface area contributed by atoms with Crippen molar-refractivity contribution in [2.24, 2.45) is 0 Å². The number of phenolic OH excluding ortho intramolecular Hbond substituents is 1. The van der Waals surface area contributed by atoms with Gasteiger partial charge in [0.25, 0.3) is 11.7 Å². The number of phenols is 1. The second kappa shape index (κ2) is 8.51. The van der Waals surface area contributed by atoms with Crippen LogP contribution < -0.4 is 9.64 Å². The number of hydrogen-bond acceptors (Lipinski definition) is 5. The minimum Gasteiger partial charge on any atom is -0.508 e. The number of aliphatic hydroxyl groups is 1. The van der Waals surface area contributed by atoms with Crippen molar-refractivity contribution in [3.05, 3.63) is 93.5 Å². The fraction of sp³-hybridized carbons (Fsp3) is 0.120. The summed E-state index contributed by atoms with van der Waals surface area (Å²) in [4.78, 5) is 27.6. The number of halogens is 1. The maximum Gasteiger partial charge on any atom is 0.300 e. The van der Waals surface area contributed by atoms with Gasteiger partial charge in [-0.1, -0.05) is 34.1 Å². The molecule has 1 aliphatic heterocycles. The topological polar surface area (TPSA) is 87.1 Å². The first kappa shape index (κ1) is 21.6. The number of rotatable bonds is 4. The monoisotopic (exact) mass is 493 g/mol. The Morgan fingerprint density at radius 1 is 1.00 bits per heavy atom. The van der Waals surface area contributed by atoms with Crippen molar-refractivity contribution >= 4 is 39.1 Å². The Labute approximate surface area is 193 Å². The van der Waals surface area contributed by atoms with E-state index in [2.05, 4.69) is 15.9 Å². The van der Waals surface area contributed by atoms with Crippen LogP contribution >= 0.6 is 15.9 Å². The van der Waals surface area contributed by atoms with Gasteiger partial charge in [-0.15, -0.1) is 0 Å². The zero-order chi connectivity index (χ0) is 23.0. The number of amides is 1. The zero-order valence-corrected chi connectivity index (χ0v) is 19.0. The van der Waals surface area contributed by atoms with Crippen LogP contribution in [0.3, 0.4) is 0 Å². The van der Waals surface area contributed by atoms with Crippen molar-refractivity contribution in [3.8, 4) is 11.5 Å². The predicted octanol–water partition coefficient (Wildman–Crippen LogP) is 5.10. The van der Waals surface area contributed by atoms with Crippen LogP contribution in [0.25, 0.3) is 5.76 Å². The van der Waals surface area contributed by atoms with Gasteiger partial charge in [0, 0.05) is 15.7 Å². The van der Waals surface area contributed by atoms with Gasteiger partial charge in [0.2, 0.25) is 0 Å². The first-order valence-corrected chi connectivity index (χ1v) is 10.6. The molecule has 0 aliphatic carbocycles. The van der Waals surface area contributed by atoms with E-state index in [4.69, 9.17) is 4.74 Å². The van der Waals surface area contributed by atoms with E-state index in [-0.39, 0.29) is 17.1 Å². The molecule has 0 aromatic heterocycles. The van der Waals surface area contributed by atoms with E-state index >= 15 is 0 Å². The molecule has 32 heavy (non-hydrogen) atoms. The molecule has 3 aromatic carbocycles. The number of Topliss-reactive ketones (excluding diaryl/α,β-unsaturated/α-hetero) is 1. The van der Waals surface area contributed by atoms with Crippen molar-refractivity contribution in [2.75, 3.05) is 12.0 Å². The molecule has 0 bridgehead atoms. The molecular formula is C25H20BrNO5. The van der Waals surface area contributed by atoms with E-state index in [0.29, 0.717) is 22.6 Å². The van der Waals surface area contributed by atoms with Crippen molar-refractivity contribution < 1.29 is 24.5 Å². The van der Waals surface area contributed by atoms with Crippen LogP contribution in [0, 0.1) is 6.92 Å². The van der Waals surface area contributed by atoms with Gasteiger partial charge in [-0.05, 0) is 66.6 Å². The van der Waals surface area contributed by atoms with Gasteiger partial charge in [0.05, 0.1) is 18.7 Å². The highest BCUT2D eigenvalue weighted by Crippen LogP contribution is 2.43. The number of carbonyl (C=O) groups is 2. The number of carbonyl (C=O) groups excluding carboxylic acids is 2. The molecule has 4 rings (SSSR count). The summed E-state index contributed by atoms with van der Waals surface area (Å²) in [6.45, 7) is 1.92. The number of aliphatic hydroxyl groups excluding tert-OH is 1. The molecule has 1 heterocycles. The van der Waals surface area contributed by atoms with Crippen molar-refractivity contribution in [1.82, 2.24) is 0 Å². The highest BCUT2D eigenvalue weighted by Gasteiger charge is 2.47. The first-order chi connectivity index (χ1) is 15.3. The maximum atomic E-state index is 13.1. The third-order valence-electron chi connectivity index (χ3n) is 5.45. The molecule has 1 saturated heterocycles. The summed E-state index contributed by atoms with van der Waals surface area (Å²) in [7, 11) is 1.53. The van der Waals surface area contributed by atoms with Crippen LogP contribution in [0.1, 0.15) is 22.7 Å². The molecule has 3 aromatic rings. The molecule has 1 amide bonds. The predicted molar refractivity (Wildman–Crippen MR) is 125 cm³/mol. The Balaban J connectivity index is 1.92. The molecule has 1 atom stereocenters. The van der Waals surface area contributed by atoms with E-state index in [0.717, 1.165) is 10.0 Å². The summed E-state index contributed by atoms with van der Waals surface area (Å²) in [6.07, 6.45) is 0. The number of methoxy groups -OCH3 is 1. The molecular weight excluding hydrogens is 474 g/mol. The number of nitrogens with zero attached hydrogens (tertiary/aromatic N) is 1. The molecule has 0 saturated carbocycles. The smallest absolute Gasteiger partial charge is 0.300 e. The second-order valence-corrected chi connectivity index (χ2v) is 8.28. The van der Waals surface area contributed by atoms with E-state index in [9.17, 15) is 19.8 Å². The highest BCUT2D eigenvalue weighted by molar-refractivity contribution is 9.10. The lowest BCUT2D eigenvalue weighted by Crippen LogP contribution is -2.29. The Kier molecular flexibility index (Phi) is 5.76. The zero-order valence-electron chi connectivity index (χ0n) is 17.4. The SMILES string of the molecule is COc1ccc(/C(O)=C2/C(=O)C(=O)N(c3ccc(C)c(Br)c3)C2c2ccc(O)cc2)cc1. The summed E-state index contributed by atoms with van der Waals surface area (Å²) in [5, 5.41) is 20.8. The lowest BCUT2D eigenvalue weighted by Gasteiger charge is -2.26. The van der Waals surface area contributed by atoms with Crippen LogP contribution in [0.4, 0.5) is 5.69 Å². The molecule has 162 valence electrons. The molecule has 1 fully saturated rings. The summed E-state index contributed by atoms with van der Waals surface area (Å²) in [5.41, 5.74) is 2.43. The van der Waals surface area contributed by atoms with Gasteiger partial charge in [-0.3, -0.25) is 14.5 Å². The molecule has 1 aliphatic rings. The standard InChI is InChI=1S/C25H20BrNO5/c1-14-3-8-17(13-20(14)26)27-22(15-4-9-18(28)10-5-15)21(24(30)25(27)31)23(29)16-6-11-19(32-2)12-7-16/h3-13,22,28-29H,1-2H3/b23-21-. The van der Waals surface area contributed by atoms with Crippen LogP contribution in [-0.4, -0.2) is 29.0 Å². The van der Waals surface area contributed by atoms with Crippen LogP contribution in [-0.2, 0) is 9.59 Å². The van der Waals surface area contributed by atoms with Gasteiger partial charge in [0.15, 0.2) is 0 Å². The largest absolute Gasteiger partial charge is 0.508 e. The lowest BCUT2D eigenvalue weighted by atomic mass is 9.95. The fourth-order valence-corrected chi connectivity index (χ4v) is 4.07. The van der Waals surface area contributed by atoms with Crippen molar-refractivity contribution in [1.29, 1.82) is 0 Å². The first-order valence-electron chi connectivity index (χ1n) is 9.82. The summed E-state index contributed by atoms with van der Waals surface area (Å²) in [5.74, 6) is -1.15. The molecule has 0 radical (unpaired) electrons. The van der Waals surface area contributed by atoms with E-state index in [1.807, 2.05) is 13.0 Å². The molecule has 6 nitrogen and oxygen atoms in total. The quantitative estimate of drug-likeness (QED) is 0.300. The lowest BCUT2D eigenvalue weighted by molar-refractivity contribution is -0.132. The van der Waals surface area contributed by atoms with Gasteiger partial charge < -0.3 is 14.9 Å². The molecule has 7 heteroatoms. The summed E-state index contributed by atoms with van der Waals surface area (Å²) >= 11 is 3.48. The van der Waals surface area contributed by atoms with E-state index in [1.165, 1.54) is 24.1 Å². The minimum absolute atomic E-state index is 0.0254.